The molecule has 1 rings (SSSR count). The number of rotatable bonds is 5. The van der Waals surface area contributed by atoms with Gasteiger partial charge in [0.05, 0.1) is 11.8 Å². The Morgan fingerprint density at radius 2 is 2.11 bits per heavy atom. The smallest absolute Gasteiger partial charge is 0.326 e. The number of carbonyl (C=O) groups excluding carboxylic acids is 2. The number of nitrogens with one attached hydrogen (secondary N) is 1. The van der Waals surface area contributed by atoms with Gasteiger partial charge in [-0.25, -0.2) is 4.79 Å². The van der Waals surface area contributed by atoms with Crippen LogP contribution in [0.2, 0.25) is 0 Å². The first-order chi connectivity index (χ1) is 8.27. The summed E-state index contributed by atoms with van der Waals surface area (Å²) in [6.07, 6.45) is 1.76. The van der Waals surface area contributed by atoms with Gasteiger partial charge in [0.15, 0.2) is 0 Å². The Labute approximate surface area is 105 Å². The standard InChI is InChI=1S/C11H19N3O4/c1-11(4-2-3-7(11)12)10(18)14-6(9(16)17)5-8(13)15/h6-7H,2-5,12H2,1H3,(H2,13,15)(H,14,18)(H,16,17). The van der Waals surface area contributed by atoms with Crippen molar-refractivity contribution < 1.29 is 19.5 Å². The number of carbonyl (C=O) groups is 3. The Balaban J connectivity index is 2.72. The van der Waals surface area contributed by atoms with Crippen LogP contribution in [0, 0.1) is 5.41 Å². The van der Waals surface area contributed by atoms with Crippen LogP contribution in [0.5, 0.6) is 0 Å². The fourth-order valence-electron chi connectivity index (χ4n) is 2.20. The molecule has 0 aromatic rings. The van der Waals surface area contributed by atoms with E-state index in [0.717, 1.165) is 12.8 Å². The molecule has 1 saturated carbocycles. The van der Waals surface area contributed by atoms with Crippen molar-refractivity contribution in [2.24, 2.45) is 16.9 Å². The highest BCUT2D eigenvalue weighted by molar-refractivity contribution is 5.90. The van der Waals surface area contributed by atoms with Gasteiger partial charge in [-0.3, -0.25) is 9.59 Å². The van der Waals surface area contributed by atoms with Crippen LogP contribution < -0.4 is 16.8 Å². The number of hydrogen-bond acceptors (Lipinski definition) is 4. The van der Waals surface area contributed by atoms with E-state index in [9.17, 15) is 14.4 Å². The van der Waals surface area contributed by atoms with Crippen molar-refractivity contribution in [1.82, 2.24) is 5.32 Å². The van der Waals surface area contributed by atoms with Crippen molar-refractivity contribution in [1.29, 1.82) is 0 Å². The fraction of sp³-hybridized carbons (Fsp3) is 0.727. The molecule has 1 fully saturated rings. The van der Waals surface area contributed by atoms with Gasteiger partial charge in [0.2, 0.25) is 11.8 Å². The lowest BCUT2D eigenvalue weighted by atomic mass is 9.84. The van der Waals surface area contributed by atoms with E-state index in [0.29, 0.717) is 6.42 Å². The number of nitrogens with two attached hydrogens (primary N) is 2. The van der Waals surface area contributed by atoms with Crippen molar-refractivity contribution in [2.45, 2.75) is 44.7 Å². The van der Waals surface area contributed by atoms with E-state index in [1.165, 1.54) is 0 Å². The Bertz CT molecular complexity index is 371. The van der Waals surface area contributed by atoms with Gasteiger partial charge in [-0.15, -0.1) is 0 Å². The maximum atomic E-state index is 12.1. The molecular formula is C11H19N3O4. The molecule has 0 bridgehead atoms. The van der Waals surface area contributed by atoms with E-state index >= 15 is 0 Å². The number of carboxylic acid groups (broad SMARTS) is 1. The fourth-order valence-corrected chi connectivity index (χ4v) is 2.20. The van der Waals surface area contributed by atoms with Crippen LogP contribution in [0.1, 0.15) is 32.6 Å². The third kappa shape index (κ3) is 2.98. The minimum atomic E-state index is -1.29. The largest absolute Gasteiger partial charge is 0.480 e. The van der Waals surface area contributed by atoms with Crippen molar-refractivity contribution in [2.75, 3.05) is 0 Å². The van der Waals surface area contributed by atoms with Gasteiger partial charge in [-0.2, -0.15) is 0 Å². The van der Waals surface area contributed by atoms with E-state index in [1.807, 2.05) is 0 Å². The highest BCUT2D eigenvalue weighted by Crippen LogP contribution is 2.36. The van der Waals surface area contributed by atoms with Crippen LogP contribution in [0.15, 0.2) is 0 Å². The third-order valence-corrected chi connectivity index (χ3v) is 3.56. The lowest BCUT2D eigenvalue weighted by Gasteiger charge is -2.29. The van der Waals surface area contributed by atoms with Crippen LogP contribution in [-0.4, -0.2) is 35.0 Å². The van der Waals surface area contributed by atoms with Gasteiger partial charge in [0, 0.05) is 6.04 Å². The maximum Gasteiger partial charge on any atom is 0.326 e. The molecule has 7 heteroatoms. The molecule has 102 valence electrons. The summed E-state index contributed by atoms with van der Waals surface area (Å²) in [5, 5.41) is 11.3. The summed E-state index contributed by atoms with van der Waals surface area (Å²) >= 11 is 0. The Kier molecular flexibility index (Phi) is 4.28. The van der Waals surface area contributed by atoms with Gasteiger partial charge in [0.1, 0.15) is 6.04 Å². The number of carboxylic acids is 1. The molecule has 6 N–H and O–H groups in total. The Hall–Kier alpha value is -1.63. The van der Waals surface area contributed by atoms with Crippen LogP contribution in [-0.2, 0) is 14.4 Å². The molecular weight excluding hydrogens is 238 g/mol. The summed E-state index contributed by atoms with van der Waals surface area (Å²) in [5.41, 5.74) is 10.0. The molecule has 0 heterocycles. The topological polar surface area (TPSA) is 136 Å². The van der Waals surface area contributed by atoms with Gasteiger partial charge < -0.3 is 21.9 Å². The van der Waals surface area contributed by atoms with E-state index in [1.54, 1.807) is 6.92 Å². The molecule has 0 aromatic heterocycles. The van der Waals surface area contributed by atoms with Crippen molar-refractivity contribution in [3.8, 4) is 0 Å². The molecule has 0 aromatic carbocycles. The summed E-state index contributed by atoms with van der Waals surface area (Å²) in [6.45, 7) is 1.71. The van der Waals surface area contributed by atoms with Gasteiger partial charge in [0.25, 0.3) is 0 Å². The Morgan fingerprint density at radius 3 is 2.50 bits per heavy atom. The first kappa shape index (κ1) is 14.4. The zero-order valence-corrected chi connectivity index (χ0v) is 10.3. The summed E-state index contributed by atoms with van der Waals surface area (Å²) in [5.74, 6) is -2.48. The van der Waals surface area contributed by atoms with Crippen molar-refractivity contribution in [3.63, 3.8) is 0 Å². The van der Waals surface area contributed by atoms with Gasteiger partial charge >= 0.3 is 5.97 Å². The second-order valence-electron chi connectivity index (χ2n) is 4.95. The lowest BCUT2D eigenvalue weighted by molar-refractivity contribution is -0.145. The number of aliphatic carboxylic acids is 1. The van der Waals surface area contributed by atoms with E-state index in [2.05, 4.69) is 5.32 Å². The third-order valence-electron chi connectivity index (χ3n) is 3.56. The van der Waals surface area contributed by atoms with Crippen LogP contribution >= 0.6 is 0 Å². The average Bonchev–Trinajstić information content (AvgIpc) is 2.58. The monoisotopic (exact) mass is 257 g/mol. The van der Waals surface area contributed by atoms with Crippen molar-refractivity contribution in [3.05, 3.63) is 0 Å². The Morgan fingerprint density at radius 1 is 1.50 bits per heavy atom. The molecule has 7 nitrogen and oxygen atoms in total. The molecule has 1 aliphatic rings. The van der Waals surface area contributed by atoms with E-state index in [-0.39, 0.29) is 6.04 Å². The molecule has 0 saturated heterocycles. The second kappa shape index (κ2) is 5.34. The molecule has 0 spiro atoms. The zero-order chi connectivity index (χ0) is 13.9. The molecule has 3 unspecified atom stereocenters. The van der Waals surface area contributed by atoms with Crippen LogP contribution in [0.3, 0.4) is 0 Å². The lowest BCUT2D eigenvalue weighted by Crippen LogP contribution is -2.53. The molecule has 2 amide bonds. The van der Waals surface area contributed by atoms with Gasteiger partial charge in [-0.05, 0) is 19.8 Å². The maximum absolute atomic E-state index is 12.1. The highest BCUT2D eigenvalue weighted by atomic mass is 16.4. The van der Waals surface area contributed by atoms with Crippen LogP contribution in [0.4, 0.5) is 0 Å². The SMILES string of the molecule is CC1(C(=O)NC(CC(N)=O)C(=O)O)CCCC1N. The predicted molar refractivity (Wildman–Crippen MR) is 63.3 cm³/mol. The minimum absolute atomic E-state index is 0.291. The van der Waals surface area contributed by atoms with E-state index in [4.69, 9.17) is 16.6 Å². The normalized spacial score (nSPS) is 28.7. The van der Waals surface area contributed by atoms with E-state index < -0.39 is 35.7 Å². The van der Waals surface area contributed by atoms with Crippen molar-refractivity contribution >= 4 is 17.8 Å². The highest BCUT2D eigenvalue weighted by Gasteiger charge is 2.44. The second-order valence-corrected chi connectivity index (χ2v) is 4.95. The predicted octanol–water partition coefficient (Wildman–Crippen LogP) is -1.05. The summed E-state index contributed by atoms with van der Waals surface area (Å²) < 4.78 is 0. The molecule has 18 heavy (non-hydrogen) atoms. The zero-order valence-electron chi connectivity index (χ0n) is 10.3. The molecule has 1 aliphatic carbocycles. The number of amides is 2. The molecule has 0 radical (unpaired) electrons. The number of primary amides is 1. The first-order valence-corrected chi connectivity index (χ1v) is 5.85. The molecule has 3 atom stereocenters. The summed E-state index contributed by atoms with van der Waals surface area (Å²) in [6, 6.07) is -1.58. The summed E-state index contributed by atoms with van der Waals surface area (Å²) in [7, 11) is 0. The first-order valence-electron chi connectivity index (χ1n) is 5.85. The number of hydrogen-bond donors (Lipinski definition) is 4. The van der Waals surface area contributed by atoms with Crippen LogP contribution in [0.25, 0.3) is 0 Å². The average molecular weight is 257 g/mol. The molecule has 0 aliphatic heterocycles. The quantitative estimate of drug-likeness (QED) is 0.498. The minimum Gasteiger partial charge on any atom is -0.480 e. The van der Waals surface area contributed by atoms with Gasteiger partial charge in [-0.1, -0.05) is 6.42 Å². The summed E-state index contributed by atoms with van der Waals surface area (Å²) in [4.78, 5) is 33.7.